The molecule has 0 bridgehead atoms. The van der Waals surface area contributed by atoms with E-state index in [1.165, 1.54) is 33.9 Å². The molecule has 5 atom stereocenters. The average Bonchev–Trinajstić information content (AvgIpc) is 3.33. The highest BCUT2D eigenvalue weighted by atomic mass is 16.5. The molecule has 1 saturated carbocycles. The second-order valence-electron chi connectivity index (χ2n) is 10.5. The number of likely N-dealkylation sites (tertiary alicyclic amines) is 1. The van der Waals surface area contributed by atoms with E-state index in [1.807, 2.05) is 24.3 Å². The highest BCUT2D eigenvalue weighted by Gasteiger charge is 2.40. The van der Waals surface area contributed by atoms with Crippen LogP contribution in [0.3, 0.4) is 0 Å². The minimum absolute atomic E-state index is 0.144. The summed E-state index contributed by atoms with van der Waals surface area (Å²) in [6.45, 7) is 2.40. The molecule has 1 heterocycles. The number of carbonyl (C=O) groups is 2. The van der Waals surface area contributed by atoms with Gasteiger partial charge in [-0.25, -0.2) is 4.79 Å². The van der Waals surface area contributed by atoms with Gasteiger partial charge in [-0.15, -0.1) is 0 Å². The largest absolute Gasteiger partial charge is 0.467 e. The fourth-order valence-electron chi connectivity index (χ4n) is 6.18. The third-order valence-electron chi connectivity index (χ3n) is 8.09. The number of nitrogens with one attached hydrogen (secondary N) is 1. The van der Waals surface area contributed by atoms with Crippen LogP contribution in [0.5, 0.6) is 0 Å². The number of ether oxygens (including phenoxy) is 1. The first-order chi connectivity index (χ1) is 17.9. The van der Waals surface area contributed by atoms with Crippen molar-refractivity contribution in [3.05, 3.63) is 83.4 Å². The van der Waals surface area contributed by atoms with Gasteiger partial charge in [0.25, 0.3) is 5.91 Å². The van der Waals surface area contributed by atoms with Crippen LogP contribution in [-0.4, -0.2) is 53.7 Å². The van der Waals surface area contributed by atoms with Gasteiger partial charge in [-0.1, -0.05) is 61.0 Å². The minimum atomic E-state index is -0.735. The van der Waals surface area contributed by atoms with E-state index in [9.17, 15) is 14.7 Å². The molecule has 1 saturated heterocycles. The first-order valence-corrected chi connectivity index (χ1v) is 13.3. The van der Waals surface area contributed by atoms with Crippen LogP contribution >= 0.6 is 0 Å². The molecule has 2 N–H and O–H groups in total. The molecule has 6 heteroatoms. The molecule has 194 valence electrons. The molecule has 6 nitrogen and oxygen atoms in total. The summed E-state index contributed by atoms with van der Waals surface area (Å²) in [6, 6.07) is 22.8. The maximum atomic E-state index is 13.1. The number of hydrogen-bond donors (Lipinski definition) is 2. The number of nitrogens with zero attached hydrogens (tertiary/aromatic N) is 1. The molecular formula is C31H36N2O4. The number of aliphatic hydroxyl groups is 1. The number of amides is 1. The molecule has 0 aromatic heterocycles. The molecule has 1 amide bonds. The first kappa shape index (κ1) is 25.4. The smallest absolute Gasteiger partial charge is 0.328 e. The molecule has 1 aliphatic heterocycles. The summed E-state index contributed by atoms with van der Waals surface area (Å²) in [7, 11) is 1.31. The Hall–Kier alpha value is -3.22. The molecule has 0 radical (unpaired) electrons. The van der Waals surface area contributed by atoms with E-state index in [-0.39, 0.29) is 24.9 Å². The van der Waals surface area contributed by atoms with Crippen molar-refractivity contribution in [1.29, 1.82) is 0 Å². The lowest BCUT2D eigenvalue weighted by Crippen LogP contribution is -2.41. The number of carbonyl (C=O) groups excluding carboxylic acids is 2. The van der Waals surface area contributed by atoms with Crippen LogP contribution in [0.15, 0.2) is 66.7 Å². The molecular weight excluding hydrogens is 464 g/mol. The second kappa shape index (κ2) is 11.0. The second-order valence-corrected chi connectivity index (χ2v) is 10.5. The number of β-amino-alcohol motifs (C(OH)–C–C–N with tert-alkyl or cyclic N) is 1. The van der Waals surface area contributed by atoms with Gasteiger partial charge < -0.3 is 20.1 Å². The molecule has 2 fully saturated rings. The molecule has 3 aromatic carbocycles. The van der Waals surface area contributed by atoms with Crippen molar-refractivity contribution in [2.75, 3.05) is 13.7 Å². The summed E-state index contributed by atoms with van der Waals surface area (Å²) in [5, 5.41) is 16.5. The Labute approximate surface area is 218 Å². The summed E-state index contributed by atoms with van der Waals surface area (Å²) in [5.74, 6) is -0.294. The molecule has 2 aliphatic rings. The summed E-state index contributed by atoms with van der Waals surface area (Å²) in [5.41, 5.74) is 3.11. The highest BCUT2D eigenvalue weighted by Crippen LogP contribution is 2.35. The van der Waals surface area contributed by atoms with Crippen LogP contribution in [0.2, 0.25) is 0 Å². The van der Waals surface area contributed by atoms with Crippen molar-refractivity contribution >= 4 is 22.6 Å². The van der Waals surface area contributed by atoms with E-state index >= 15 is 0 Å². The predicted molar refractivity (Wildman–Crippen MR) is 144 cm³/mol. The van der Waals surface area contributed by atoms with Gasteiger partial charge in [0.1, 0.15) is 6.04 Å². The Morgan fingerprint density at radius 3 is 2.54 bits per heavy atom. The molecule has 3 aromatic rings. The number of benzene rings is 3. The van der Waals surface area contributed by atoms with Crippen LogP contribution in [0.25, 0.3) is 10.8 Å². The van der Waals surface area contributed by atoms with Gasteiger partial charge >= 0.3 is 5.97 Å². The van der Waals surface area contributed by atoms with E-state index in [4.69, 9.17) is 4.74 Å². The van der Waals surface area contributed by atoms with Gasteiger partial charge in [-0.05, 0) is 66.1 Å². The van der Waals surface area contributed by atoms with Gasteiger partial charge in [0, 0.05) is 30.6 Å². The number of aliphatic hydroxyl groups excluding tert-OH is 1. The Morgan fingerprint density at radius 2 is 1.76 bits per heavy atom. The summed E-state index contributed by atoms with van der Waals surface area (Å²) in [6.07, 6.45) is 4.02. The third kappa shape index (κ3) is 5.41. The van der Waals surface area contributed by atoms with Crippen LogP contribution in [0, 0.1) is 0 Å². The Bertz CT molecular complexity index is 1250. The molecule has 37 heavy (non-hydrogen) atoms. The van der Waals surface area contributed by atoms with Gasteiger partial charge in [0.2, 0.25) is 0 Å². The Kier molecular flexibility index (Phi) is 7.58. The third-order valence-corrected chi connectivity index (χ3v) is 8.09. The zero-order valence-electron chi connectivity index (χ0n) is 21.6. The normalized spacial score (nSPS) is 24.7. The average molecular weight is 501 g/mol. The number of rotatable bonds is 6. The lowest BCUT2D eigenvalue weighted by atomic mass is 9.80. The number of hydrogen-bond acceptors (Lipinski definition) is 5. The van der Waals surface area contributed by atoms with Crippen LogP contribution in [-0.2, 0) is 9.53 Å². The molecule has 5 rings (SSSR count). The summed E-state index contributed by atoms with van der Waals surface area (Å²) >= 11 is 0. The maximum absolute atomic E-state index is 13.1. The van der Waals surface area contributed by atoms with E-state index < -0.39 is 18.1 Å². The zero-order valence-corrected chi connectivity index (χ0v) is 21.6. The quantitative estimate of drug-likeness (QED) is 0.468. The zero-order chi connectivity index (χ0) is 25.9. The fourth-order valence-corrected chi connectivity index (χ4v) is 6.18. The van der Waals surface area contributed by atoms with Crippen molar-refractivity contribution in [2.45, 2.75) is 69.2 Å². The lowest BCUT2D eigenvalue weighted by Gasteiger charge is -2.33. The van der Waals surface area contributed by atoms with Crippen molar-refractivity contribution in [2.24, 2.45) is 0 Å². The standard InChI is InChI=1S/C31H36N2O4/c1-20(27-12-6-8-22-7-3-4-11-28(22)27)32-25-10-5-9-24(17-25)21-13-15-23(16-14-21)30(35)33-19-26(34)18-29(33)31(36)37-2/h3-4,6-8,11-16,20,24-26,29,32,34H,5,9-10,17-19H2,1-2H3. The van der Waals surface area contributed by atoms with Crippen LogP contribution in [0.1, 0.15) is 72.5 Å². The molecule has 0 spiro atoms. The fraction of sp³-hybridized carbons (Fsp3) is 0.419. The molecule has 1 aliphatic carbocycles. The van der Waals surface area contributed by atoms with Gasteiger partial charge in [-0.3, -0.25) is 4.79 Å². The number of esters is 1. The topological polar surface area (TPSA) is 78.9 Å². The van der Waals surface area contributed by atoms with Crippen LogP contribution in [0.4, 0.5) is 0 Å². The molecule has 5 unspecified atom stereocenters. The van der Waals surface area contributed by atoms with Crippen molar-refractivity contribution in [3.63, 3.8) is 0 Å². The number of fused-ring (bicyclic) bond motifs is 1. The Balaban J connectivity index is 1.24. The van der Waals surface area contributed by atoms with E-state index in [0.29, 0.717) is 17.5 Å². The minimum Gasteiger partial charge on any atom is -0.467 e. The van der Waals surface area contributed by atoms with Crippen molar-refractivity contribution in [3.8, 4) is 0 Å². The van der Waals surface area contributed by atoms with Gasteiger partial charge in [0.05, 0.1) is 13.2 Å². The highest BCUT2D eigenvalue weighted by molar-refractivity contribution is 5.97. The summed E-state index contributed by atoms with van der Waals surface area (Å²) in [4.78, 5) is 26.6. The predicted octanol–water partition coefficient (Wildman–Crippen LogP) is 4.97. The maximum Gasteiger partial charge on any atom is 0.328 e. The Morgan fingerprint density at radius 1 is 1.00 bits per heavy atom. The van der Waals surface area contributed by atoms with E-state index in [1.54, 1.807) is 0 Å². The monoisotopic (exact) mass is 500 g/mol. The van der Waals surface area contributed by atoms with Crippen LogP contribution < -0.4 is 5.32 Å². The first-order valence-electron chi connectivity index (χ1n) is 13.3. The van der Waals surface area contributed by atoms with Crippen molar-refractivity contribution in [1.82, 2.24) is 10.2 Å². The lowest BCUT2D eigenvalue weighted by molar-refractivity contribution is -0.145. The SMILES string of the molecule is COC(=O)C1CC(O)CN1C(=O)c1ccc(C2CCCC(NC(C)c3cccc4ccccc34)C2)cc1. The van der Waals surface area contributed by atoms with Gasteiger partial charge in [0.15, 0.2) is 0 Å². The van der Waals surface area contributed by atoms with Crippen molar-refractivity contribution < 1.29 is 19.4 Å². The number of methoxy groups -OCH3 is 1. The van der Waals surface area contributed by atoms with E-state index in [0.717, 1.165) is 25.7 Å². The van der Waals surface area contributed by atoms with Gasteiger partial charge in [-0.2, -0.15) is 0 Å². The van der Waals surface area contributed by atoms with E-state index in [2.05, 4.69) is 54.7 Å². The summed E-state index contributed by atoms with van der Waals surface area (Å²) < 4.78 is 4.83.